The number of unbranched alkanes of at least 4 members (excludes halogenated alkanes) is 5. The molecule has 0 unspecified atom stereocenters. The first-order valence-electron chi connectivity index (χ1n) is 10.9. The van der Waals surface area contributed by atoms with Crippen LogP contribution in [0.1, 0.15) is 61.4 Å². The fourth-order valence-electron chi connectivity index (χ4n) is 3.50. The predicted octanol–water partition coefficient (Wildman–Crippen LogP) is 9.00. The maximum absolute atomic E-state index is 12.6. The van der Waals surface area contributed by atoms with Crippen LogP contribution in [0.4, 0.5) is 0 Å². The Morgan fingerprint density at radius 2 is 1.39 bits per heavy atom. The number of esters is 1. The molecular formula is C27H28Br2O2. The normalized spacial score (nSPS) is 10.8. The van der Waals surface area contributed by atoms with Crippen LogP contribution in [-0.2, 0) is 6.42 Å². The van der Waals surface area contributed by atoms with Crippen molar-refractivity contribution in [3.63, 3.8) is 0 Å². The molecule has 3 aromatic carbocycles. The fraction of sp³-hybridized carbons (Fsp3) is 0.296. The Labute approximate surface area is 202 Å². The van der Waals surface area contributed by atoms with Crippen LogP contribution in [0, 0.1) is 0 Å². The number of halogens is 2. The lowest BCUT2D eigenvalue weighted by molar-refractivity contribution is 0.0734. The van der Waals surface area contributed by atoms with Crippen LogP contribution in [0.25, 0.3) is 11.1 Å². The summed E-state index contributed by atoms with van der Waals surface area (Å²) in [6.07, 6.45) is 8.69. The van der Waals surface area contributed by atoms with Crippen molar-refractivity contribution in [2.75, 3.05) is 0 Å². The zero-order valence-electron chi connectivity index (χ0n) is 17.9. The SMILES string of the molecule is CCCCCCCCc1ccc(C(=O)Oc2ccc(-c3ccc(Br)cc3)cc2)cc1Br. The summed E-state index contributed by atoms with van der Waals surface area (Å²) >= 11 is 7.08. The first-order valence-corrected chi connectivity index (χ1v) is 12.5. The van der Waals surface area contributed by atoms with Crippen LogP contribution < -0.4 is 4.74 Å². The summed E-state index contributed by atoms with van der Waals surface area (Å²) in [6.45, 7) is 2.24. The summed E-state index contributed by atoms with van der Waals surface area (Å²) < 4.78 is 7.59. The maximum atomic E-state index is 12.6. The molecule has 0 N–H and O–H groups in total. The lowest BCUT2D eigenvalue weighted by atomic mass is 10.0. The Balaban J connectivity index is 1.55. The van der Waals surface area contributed by atoms with Crippen molar-refractivity contribution in [3.05, 3.63) is 86.8 Å². The molecule has 0 heterocycles. The minimum absolute atomic E-state index is 0.344. The Hall–Kier alpha value is -1.91. The van der Waals surface area contributed by atoms with Crippen molar-refractivity contribution in [3.8, 4) is 16.9 Å². The van der Waals surface area contributed by atoms with Gasteiger partial charge in [0.2, 0.25) is 0 Å². The van der Waals surface area contributed by atoms with Crippen molar-refractivity contribution in [1.82, 2.24) is 0 Å². The van der Waals surface area contributed by atoms with Gasteiger partial charge in [-0.2, -0.15) is 0 Å². The Morgan fingerprint density at radius 3 is 2.03 bits per heavy atom. The average Bonchev–Trinajstić information content (AvgIpc) is 2.78. The molecule has 0 aliphatic heterocycles. The molecule has 0 amide bonds. The molecule has 0 aromatic heterocycles. The lowest BCUT2D eigenvalue weighted by Crippen LogP contribution is -2.08. The largest absolute Gasteiger partial charge is 0.423 e. The topological polar surface area (TPSA) is 26.3 Å². The molecule has 2 nitrogen and oxygen atoms in total. The Bertz CT molecular complexity index is 979. The van der Waals surface area contributed by atoms with Crippen molar-refractivity contribution in [2.24, 2.45) is 0 Å². The molecule has 0 bridgehead atoms. The van der Waals surface area contributed by atoms with Gasteiger partial charge in [-0.15, -0.1) is 0 Å². The van der Waals surface area contributed by atoms with Gasteiger partial charge in [-0.1, -0.05) is 101 Å². The molecule has 162 valence electrons. The molecule has 0 saturated carbocycles. The summed E-state index contributed by atoms with van der Waals surface area (Å²) in [5.74, 6) is 0.196. The van der Waals surface area contributed by atoms with Crippen molar-refractivity contribution < 1.29 is 9.53 Å². The maximum Gasteiger partial charge on any atom is 0.343 e. The van der Waals surface area contributed by atoms with Crippen LogP contribution in [0.3, 0.4) is 0 Å². The van der Waals surface area contributed by atoms with Crippen molar-refractivity contribution >= 4 is 37.8 Å². The first-order chi connectivity index (χ1) is 15.1. The molecule has 0 spiro atoms. The van der Waals surface area contributed by atoms with Gasteiger partial charge < -0.3 is 4.74 Å². The summed E-state index contributed by atoms with van der Waals surface area (Å²) in [7, 11) is 0. The van der Waals surface area contributed by atoms with Gasteiger partial charge >= 0.3 is 5.97 Å². The van der Waals surface area contributed by atoms with Gasteiger partial charge in [-0.05, 0) is 65.9 Å². The zero-order chi connectivity index (χ0) is 22.1. The zero-order valence-corrected chi connectivity index (χ0v) is 21.0. The summed E-state index contributed by atoms with van der Waals surface area (Å²) in [5.41, 5.74) is 3.99. The van der Waals surface area contributed by atoms with E-state index in [1.165, 1.54) is 44.1 Å². The molecule has 0 atom stereocenters. The van der Waals surface area contributed by atoms with E-state index in [1.54, 1.807) is 0 Å². The third-order valence-corrected chi connectivity index (χ3v) is 6.60. The highest BCUT2D eigenvalue weighted by molar-refractivity contribution is 9.10. The quantitative estimate of drug-likeness (QED) is 0.145. The van der Waals surface area contributed by atoms with Crippen LogP contribution in [0.2, 0.25) is 0 Å². The highest BCUT2D eigenvalue weighted by atomic mass is 79.9. The number of rotatable bonds is 10. The Kier molecular flexibility index (Phi) is 9.35. The second-order valence-corrected chi connectivity index (χ2v) is 9.51. The number of carbonyl (C=O) groups excluding carboxylic acids is 1. The minimum Gasteiger partial charge on any atom is -0.423 e. The highest BCUT2D eigenvalue weighted by Gasteiger charge is 2.11. The molecule has 4 heteroatoms. The van der Waals surface area contributed by atoms with Gasteiger partial charge in [-0.25, -0.2) is 4.79 Å². The molecule has 0 fully saturated rings. The molecule has 31 heavy (non-hydrogen) atoms. The number of benzene rings is 3. The second-order valence-electron chi connectivity index (χ2n) is 7.74. The smallest absolute Gasteiger partial charge is 0.343 e. The molecule has 0 aliphatic rings. The molecule has 3 aromatic rings. The molecule has 0 radical (unpaired) electrons. The number of carbonyl (C=O) groups is 1. The lowest BCUT2D eigenvalue weighted by Gasteiger charge is -2.09. The molecule has 0 saturated heterocycles. The van der Waals surface area contributed by atoms with Gasteiger partial charge in [0, 0.05) is 8.95 Å². The van der Waals surface area contributed by atoms with Gasteiger partial charge in [0.15, 0.2) is 0 Å². The highest BCUT2D eigenvalue weighted by Crippen LogP contribution is 2.26. The number of aryl methyl sites for hydroxylation is 1. The average molecular weight is 544 g/mol. The van der Waals surface area contributed by atoms with Crippen molar-refractivity contribution in [1.29, 1.82) is 0 Å². The van der Waals surface area contributed by atoms with Crippen LogP contribution in [0.15, 0.2) is 75.7 Å². The van der Waals surface area contributed by atoms with E-state index in [2.05, 4.69) is 50.9 Å². The van der Waals surface area contributed by atoms with Gasteiger partial charge in [-0.3, -0.25) is 0 Å². The molecular weight excluding hydrogens is 516 g/mol. The Morgan fingerprint density at radius 1 is 0.774 bits per heavy atom. The monoisotopic (exact) mass is 542 g/mol. The van der Waals surface area contributed by atoms with E-state index in [-0.39, 0.29) is 5.97 Å². The molecule has 3 rings (SSSR count). The molecule has 0 aliphatic carbocycles. The van der Waals surface area contributed by atoms with Crippen LogP contribution in [0.5, 0.6) is 5.75 Å². The van der Waals surface area contributed by atoms with E-state index in [4.69, 9.17) is 4.74 Å². The first kappa shape index (κ1) is 23.7. The van der Waals surface area contributed by atoms with E-state index < -0.39 is 0 Å². The number of ether oxygens (including phenoxy) is 1. The van der Waals surface area contributed by atoms with Gasteiger partial charge in [0.05, 0.1) is 5.56 Å². The van der Waals surface area contributed by atoms with Crippen molar-refractivity contribution in [2.45, 2.75) is 51.9 Å². The number of hydrogen-bond acceptors (Lipinski definition) is 2. The van der Waals surface area contributed by atoms with E-state index in [0.29, 0.717) is 11.3 Å². The van der Waals surface area contributed by atoms with E-state index in [9.17, 15) is 4.79 Å². The minimum atomic E-state index is -0.344. The standard InChI is InChI=1S/C27H28Br2O2/c1-2-3-4-5-6-7-8-22-9-10-23(19-26(22)29)27(30)31-25-17-13-21(14-18-25)20-11-15-24(28)16-12-20/h9-19H,2-8H2,1H3. The fourth-order valence-corrected chi connectivity index (χ4v) is 4.34. The van der Waals surface area contributed by atoms with Gasteiger partial charge in [0.25, 0.3) is 0 Å². The third kappa shape index (κ3) is 7.33. The van der Waals surface area contributed by atoms with Crippen LogP contribution in [-0.4, -0.2) is 5.97 Å². The van der Waals surface area contributed by atoms with E-state index >= 15 is 0 Å². The summed E-state index contributed by atoms with van der Waals surface area (Å²) in [5, 5.41) is 0. The van der Waals surface area contributed by atoms with E-state index in [1.807, 2.05) is 54.6 Å². The van der Waals surface area contributed by atoms with Gasteiger partial charge in [0.1, 0.15) is 5.75 Å². The van der Waals surface area contributed by atoms with Crippen LogP contribution >= 0.6 is 31.9 Å². The predicted molar refractivity (Wildman–Crippen MR) is 136 cm³/mol. The second kappa shape index (κ2) is 12.2. The third-order valence-electron chi connectivity index (χ3n) is 5.33. The van der Waals surface area contributed by atoms with E-state index in [0.717, 1.165) is 26.5 Å². The summed E-state index contributed by atoms with van der Waals surface area (Å²) in [6, 6.07) is 21.5. The number of hydrogen-bond donors (Lipinski definition) is 0. The summed E-state index contributed by atoms with van der Waals surface area (Å²) in [4.78, 5) is 12.6.